The molecule has 2 heterocycles. The number of nitrogens with zero attached hydrogens (tertiary/aromatic N) is 5. The molecule has 0 atom stereocenters. The molecule has 1 aliphatic heterocycles. The van der Waals surface area contributed by atoms with Gasteiger partial charge < -0.3 is 15.1 Å². The lowest BCUT2D eigenvalue weighted by Gasteiger charge is -2.34. The zero-order chi connectivity index (χ0) is 19.4. The van der Waals surface area contributed by atoms with Gasteiger partial charge in [0.2, 0.25) is 5.95 Å². The number of nitrogens with one attached hydrogen (secondary N) is 1. The lowest BCUT2D eigenvalue weighted by Crippen LogP contribution is -2.53. The summed E-state index contributed by atoms with van der Waals surface area (Å²) < 4.78 is 0. The van der Waals surface area contributed by atoms with Gasteiger partial charge in [0, 0.05) is 42.8 Å². The highest BCUT2D eigenvalue weighted by atomic mass is 35.5. The van der Waals surface area contributed by atoms with Crippen molar-refractivity contribution in [3.8, 4) is 11.3 Å². The van der Waals surface area contributed by atoms with Crippen LogP contribution in [-0.2, 0) is 9.59 Å². The number of anilines is 1. The van der Waals surface area contributed by atoms with E-state index in [1.54, 1.807) is 23.2 Å². The molecule has 0 bridgehead atoms. The Kier molecular flexibility index (Phi) is 5.85. The first-order valence-electron chi connectivity index (χ1n) is 8.74. The molecule has 1 aromatic carbocycles. The van der Waals surface area contributed by atoms with E-state index in [2.05, 4.69) is 20.5 Å². The molecule has 0 saturated carbocycles. The van der Waals surface area contributed by atoms with Crippen LogP contribution in [0.15, 0.2) is 30.5 Å². The Morgan fingerprint density at radius 1 is 1.11 bits per heavy atom. The normalized spacial score (nSPS) is 14.4. The van der Waals surface area contributed by atoms with E-state index in [9.17, 15) is 9.59 Å². The summed E-state index contributed by atoms with van der Waals surface area (Å²) >= 11 is 5.92. The van der Waals surface area contributed by atoms with Crippen LogP contribution in [0.1, 0.15) is 13.8 Å². The van der Waals surface area contributed by atoms with Gasteiger partial charge in [-0.05, 0) is 26.0 Å². The Bertz CT molecular complexity index is 819. The fourth-order valence-electron chi connectivity index (χ4n) is 2.76. The van der Waals surface area contributed by atoms with Crippen molar-refractivity contribution in [3.63, 3.8) is 0 Å². The first-order chi connectivity index (χ1) is 12.9. The average Bonchev–Trinajstić information content (AvgIpc) is 2.67. The van der Waals surface area contributed by atoms with E-state index in [1.807, 2.05) is 30.9 Å². The summed E-state index contributed by atoms with van der Waals surface area (Å²) in [6.45, 7) is 5.57. The van der Waals surface area contributed by atoms with E-state index in [0.29, 0.717) is 42.8 Å². The first kappa shape index (κ1) is 19.0. The molecule has 1 aliphatic rings. The van der Waals surface area contributed by atoms with E-state index in [-0.39, 0.29) is 6.04 Å². The molecule has 1 saturated heterocycles. The van der Waals surface area contributed by atoms with E-state index < -0.39 is 11.8 Å². The van der Waals surface area contributed by atoms with Gasteiger partial charge in [-0.25, -0.2) is 4.98 Å². The molecule has 0 radical (unpaired) electrons. The number of halogens is 1. The maximum atomic E-state index is 12.2. The fraction of sp³-hybridized carbons (Fsp3) is 0.389. The van der Waals surface area contributed by atoms with Crippen LogP contribution < -0.4 is 10.2 Å². The predicted molar refractivity (Wildman–Crippen MR) is 102 cm³/mol. The second-order valence-corrected chi connectivity index (χ2v) is 6.99. The van der Waals surface area contributed by atoms with Crippen LogP contribution >= 0.6 is 11.6 Å². The highest BCUT2D eigenvalue weighted by Crippen LogP contribution is 2.20. The van der Waals surface area contributed by atoms with Gasteiger partial charge in [-0.15, -0.1) is 5.10 Å². The summed E-state index contributed by atoms with van der Waals surface area (Å²) in [6, 6.07) is 7.27. The number of carbonyl (C=O) groups excluding carboxylic acids is 2. The van der Waals surface area contributed by atoms with Crippen molar-refractivity contribution in [2.45, 2.75) is 19.9 Å². The highest BCUT2D eigenvalue weighted by Gasteiger charge is 2.27. The second-order valence-electron chi connectivity index (χ2n) is 6.56. The molecule has 142 valence electrons. The molecular formula is C18H21ClN6O2. The minimum Gasteiger partial charge on any atom is -0.346 e. The lowest BCUT2D eigenvalue weighted by atomic mass is 10.2. The van der Waals surface area contributed by atoms with Gasteiger partial charge in [-0.3, -0.25) is 9.59 Å². The maximum absolute atomic E-state index is 12.2. The topological polar surface area (TPSA) is 91.3 Å². The third-order valence-electron chi connectivity index (χ3n) is 4.15. The molecule has 2 amide bonds. The summed E-state index contributed by atoms with van der Waals surface area (Å²) in [5, 5.41) is 11.4. The monoisotopic (exact) mass is 388 g/mol. The molecule has 0 aliphatic carbocycles. The van der Waals surface area contributed by atoms with Gasteiger partial charge in [-0.2, -0.15) is 5.10 Å². The molecular weight excluding hydrogens is 368 g/mol. The predicted octanol–water partition coefficient (Wildman–Crippen LogP) is 1.37. The molecule has 9 heteroatoms. The lowest BCUT2D eigenvalue weighted by molar-refractivity contribution is -0.146. The molecule has 0 spiro atoms. The minimum absolute atomic E-state index is 0.0715. The number of rotatable bonds is 3. The Hall–Kier alpha value is -2.74. The summed E-state index contributed by atoms with van der Waals surface area (Å²) in [6.07, 6.45) is 1.60. The van der Waals surface area contributed by atoms with Gasteiger partial charge in [0.15, 0.2) is 0 Å². The number of hydrogen-bond acceptors (Lipinski definition) is 6. The van der Waals surface area contributed by atoms with E-state index in [1.165, 1.54) is 0 Å². The largest absolute Gasteiger partial charge is 0.346 e. The van der Waals surface area contributed by atoms with Crippen molar-refractivity contribution in [2.75, 3.05) is 31.1 Å². The van der Waals surface area contributed by atoms with E-state index in [4.69, 9.17) is 11.6 Å². The van der Waals surface area contributed by atoms with Crippen LogP contribution in [0, 0.1) is 0 Å². The standard InChI is InChI=1S/C18H21ClN6O2/c1-12(2)21-16(26)17(27)24-7-9-25(10-8-24)18-22-15(11-20-23-18)13-3-5-14(19)6-4-13/h3-6,11-12H,7-10H2,1-2H3,(H,21,26). The van der Waals surface area contributed by atoms with Crippen molar-refractivity contribution in [1.82, 2.24) is 25.4 Å². The first-order valence-corrected chi connectivity index (χ1v) is 9.12. The number of hydrogen-bond donors (Lipinski definition) is 1. The van der Waals surface area contributed by atoms with Crippen molar-refractivity contribution in [2.24, 2.45) is 0 Å². The smallest absolute Gasteiger partial charge is 0.312 e. The Morgan fingerprint density at radius 2 is 1.78 bits per heavy atom. The zero-order valence-corrected chi connectivity index (χ0v) is 16.0. The number of piperazine rings is 1. The SMILES string of the molecule is CC(C)NC(=O)C(=O)N1CCN(c2nncc(-c3ccc(Cl)cc3)n2)CC1. The molecule has 1 N–H and O–H groups in total. The van der Waals surface area contributed by atoms with E-state index in [0.717, 1.165) is 5.56 Å². The molecule has 27 heavy (non-hydrogen) atoms. The fourth-order valence-corrected chi connectivity index (χ4v) is 2.89. The van der Waals surface area contributed by atoms with Crippen LogP contribution in [0.4, 0.5) is 5.95 Å². The number of aromatic nitrogens is 3. The van der Waals surface area contributed by atoms with Gasteiger partial charge in [0.05, 0.1) is 11.9 Å². The highest BCUT2D eigenvalue weighted by molar-refractivity contribution is 6.35. The molecule has 1 aromatic heterocycles. The van der Waals surface area contributed by atoms with Crippen LogP contribution in [-0.4, -0.2) is 64.1 Å². The van der Waals surface area contributed by atoms with Gasteiger partial charge in [0.25, 0.3) is 0 Å². The summed E-state index contributed by atoms with van der Waals surface area (Å²) in [5.74, 6) is -0.570. The number of amides is 2. The Morgan fingerprint density at radius 3 is 2.41 bits per heavy atom. The Labute approximate surface area is 162 Å². The van der Waals surface area contributed by atoms with Crippen molar-refractivity contribution in [1.29, 1.82) is 0 Å². The van der Waals surface area contributed by atoms with E-state index >= 15 is 0 Å². The zero-order valence-electron chi connectivity index (χ0n) is 15.2. The van der Waals surface area contributed by atoms with Gasteiger partial charge in [0.1, 0.15) is 0 Å². The number of benzene rings is 1. The van der Waals surface area contributed by atoms with Crippen molar-refractivity contribution < 1.29 is 9.59 Å². The molecule has 8 nitrogen and oxygen atoms in total. The van der Waals surface area contributed by atoms with Gasteiger partial charge in [-0.1, -0.05) is 23.7 Å². The second kappa shape index (κ2) is 8.30. The van der Waals surface area contributed by atoms with Crippen LogP contribution in [0.2, 0.25) is 5.02 Å². The molecule has 1 fully saturated rings. The molecule has 2 aromatic rings. The van der Waals surface area contributed by atoms with Crippen LogP contribution in [0.3, 0.4) is 0 Å². The summed E-state index contributed by atoms with van der Waals surface area (Å²) in [5.41, 5.74) is 1.60. The van der Waals surface area contributed by atoms with Crippen molar-refractivity contribution in [3.05, 3.63) is 35.5 Å². The Balaban J connectivity index is 1.64. The molecule has 3 rings (SSSR count). The third kappa shape index (κ3) is 4.71. The summed E-state index contributed by atoms with van der Waals surface area (Å²) in [4.78, 5) is 32.1. The van der Waals surface area contributed by atoms with Gasteiger partial charge >= 0.3 is 11.8 Å². The average molecular weight is 389 g/mol. The third-order valence-corrected chi connectivity index (χ3v) is 4.40. The molecule has 0 unspecified atom stereocenters. The minimum atomic E-state index is -0.568. The number of carbonyl (C=O) groups is 2. The van der Waals surface area contributed by atoms with Crippen LogP contribution in [0.25, 0.3) is 11.3 Å². The summed E-state index contributed by atoms with van der Waals surface area (Å²) in [7, 11) is 0. The maximum Gasteiger partial charge on any atom is 0.312 e. The van der Waals surface area contributed by atoms with Crippen LogP contribution in [0.5, 0.6) is 0 Å². The quantitative estimate of drug-likeness (QED) is 0.798. The van der Waals surface area contributed by atoms with Crippen molar-refractivity contribution >= 4 is 29.4 Å².